The van der Waals surface area contributed by atoms with Crippen LogP contribution in [0.2, 0.25) is 0 Å². The molecule has 1 heterocycles. The average molecular weight is 185 g/mol. The standard InChI is InChI=1S/C9H16FN3/c1-9(10,7-11)4-3-8-12-5-6-13(8)2/h5-6H,3-4,7,11H2,1-2H3. The van der Waals surface area contributed by atoms with Gasteiger partial charge in [0.2, 0.25) is 0 Å². The molecule has 0 aromatic carbocycles. The van der Waals surface area contributed by atoms with Crippen LogP contribution in [0, 0.1) is 0 Å². The van der Waals surface area contributed by atoms with Crippen LogP contribution in [0.15, 0.2) is 12.4 Å². The molecule has 0 amide bonds. The minimum atomic E-state index is -1.27. The van der Waals surface area contributed by atoms with Crippen molar-refractivity contribution in [2.75, 3.05) is 6.54 Å². The minimum absolute atomic E-state index is 0.0669. The van der Waals surface area contributed by atoms with E-state index in [2.05, 4.69) is 4.98 Å². The van der Waals surface area contributed by atoms with Gasteiger partial charge in [-0.25, -0.2) is 9.37 Å². The van der Waals surface area contributed by atoms with Gasteiger partial charge in [0.25, 0.3) is 0 Å². The van der Waals surface area contributed by atoms with Gasteiger partial charge in [0.15, 0.2) is 0 Å². The maximum absolute atomic E-state index is 13.4. The molecule has 1 aromatic heterocycles. The highest BCUT2D eigenvalue weighted by Gasteiger charge is 2.21. The Bertz CT molecular complexity index is 268. The zero-order valence-corrected chi connectivity index (χ0v) is 8.13. The fourth-order valence-corrected chi connectivity index (χ4v) is 1.11. The molecule has 0 spiro atoms. The fraction of sp³-hybridized carbons (Fsp3) is 0.667. The molecule has 0 radical (unpaired) electrons. The molecule has 0 saturated carbocycles. The van der Waals surface area contributed by atoms with E-state index in [4.69, 9.17) is 5.73 Å². The first-order valence-electron chi connectivity index (χ1n) is 4.40. The van der Waals surface area contributed by atoms with Crippen molar-refractivity contribution in [3.05, 3.63) is 18.2 Å². The Morgan fingerprint density at radius 1 is 1.69 bits per heavy atom. The Morgan fingerprint density at radius 3 is 2.85 bits per heavy atom. The lowest BCUT2D eigenvalue weighted by Gasteiger charge is -2.17. The van der Waals surface area contributed by atoms with Crippen LogP contribution in [0.1, 0.15) is 19.2 Å². The molecule has 1 aromatic rings. The van der Waals surface area contributed by atoms with E-state index in [1.165, 1.54) is 6.92 Å². The molecule has 0 aliphatic carbocycles. The third-order valence-corrected chi connectivity index (χ3v) is 2.22. The van der Waals surface area contributed by atoms with Gasteiger partial charge in [-0.05, 0) is 13.3 Å². The second-order valence-electron chi connectivity index (χ2n) is 3.57. The summed E-state index contributed by atoms with van der Waals surface area (Å²) in [6.45, 7) is 1.59. The van der Waals surface area contributed by atoms with E-state index < -0.39 is 5.67 Å². The number of nitrogens with zero attached hydrogens (tertiary/aromatic N) is 2. The van der Waals surface area contributed by atoms with Crippen molar-refractivity contribution in [2.45, 2.75) is 25.4 Å². The van der Waals surface area contributed by atoms with Crippen LogP contribution in [0.3, 0.4) is 0 Å². The summed E-state index contributed by atoms with van der Waals surface area (Å²) < 4.78 is 15.3. The Morgan fingerprint density at radius 2 is 2.38 bits per heavy atom. The molecular weight excluding hydrogens is 169 g/mol. The van der Waals surface area contributed by atoms with E-state index >= 15 is 0 Å². The summed E-state index contributed by atoms with van der Waals surface area (Å²) in [5.41, 5.74) is 4.01. The Labute approximate surface area is 77.8 Å². The maximum atomic E-state index is 13.4. The zero-order valence-electron chi connectivity index (χ0n) is 8.13. The van der Waals surface area contributed by atoms with Gasteiger partial charge < -0.3 is 10.3 Å². The molecule has 2 N–H and O–H groups in total. The number of halogens is 1. The summed E-state index contributed by atoms with van der Waals surface area (Å²) in [6.07, 6.45) is 4.63. The molecule has 0 bridgehead atoms. The monoisotopic (exact) mass is 185 g/mol. The fourth-order valence-electron chi connectivity index (χ4n) is 1.11. The smallest absolute Gasteiger partial charge is 0.120 e. The van der Waals surface area contributed by atoms with E-state index in [1.54, 1.807) is 6.20 Å². The number of alkyl halides is 1. The van der Waals surface area contributed by atoms with Crippen LogP contribution in [-0.4, -0.2) is 21.8 Å². The van der Waals surface area contributed by atoms with Crippen molar-refractivity contribution in [1.82, 2.24) is 9.55 Å². The predicted octanol–water partition coefficient (Wildman–Crippen LogP) is 1.04. The molecule has 0 aliphatic heterocycles. The quantitative estimate of drug-likeness (QED) is 0.761. The normalized spacial score (nSPS) is 15.7. The van der Waals surface area contributed by atoms with Crippen LogP contribution in [0.25, 0.3) is 0 Å². The second-order valence-corrected chi connectivity index (χ2v) is 3.57. The van der Waals surface area contributed by atoms with Crippen molar-refractivity contribution >= 4 is 0 Å². The summed E-state index contributed by atoms with van der Waals surface area (Å²) in [5.74, 6) is 0.900. The van der Waals surface area contributed by atoms with Gasteiger partial charge >= 0.3 is 0 Å². The van der Waals surface area contributed by atoms with Crippen LogP contribution in [-0.2, 0) is 13.5 Å². The summed E-state index contributed by atoms with van der Waals surface area (Å²) >= 11 is 0. The van der Waals surface area contributed by atoms with Crippen molar-refractivity contribution in [3.8, 4) is 0 Å². The number of rotatable bonds is 4. The van der Waals surface area contributed by atoms with E-state index in [-0.39, 0.29) is 6.54 Å². The van der Waals surface area contributed by atoms with E-state index in [9.17, 15) is 4.39 Å². The second kappa shape index (κ2) is 3.87. The molecule has 0 saturated heterocycles. The molecule has 13 heavy (non-hydrogen) atoms. The van der Waals surface area contributed by atoms with Crippen molar-refractivity contribution in [2.24, 2.45) is 12.8 Å². The lowest BCUT2D eigenvalue weighted by Crippen LogP contribution is -2.30. The summed E-state index contributed by atoms with van der Waals surface area (Å²) in [7, 11) is 1.90. The highest BCUT2D eigenvalue weighted by molar-refractivity contribution is 4.93. The van der Waals surface area contributed by atoms with Gasteiger partial charge in [-0.15, -0.1) is 0 Å². The minimum Gasteiger partial charge on any atom is -0.338 e. The first kappa shape index (κ1) is 10.2. The predicted molar refractivity (Wildman–Crippen MR) is 50.1 cm³/mol. The molecule has 3 nitrogen and oxygen atoms in total. The molecule has 1 atom stereocenters. The van der Waals surface area contributed by atoms with Gasteiger partial charge in [-0.2, -0.15) is 0 Å². The molecule has 74 valence electrons. The third-order valence-electron chi connectivity index (χ3n) is 2.22. The van der Waals surface area contributed by atoms with Crippen LogP contribution < -0.4 is 5.73 Å². The average Bonchev–Trinajstić information content (AvgIpc) is 2.48. The van der Waals surface area contributed by atoms with Gasteiger partial charge in [0, 0.05) is 32.4 Å². The van der Waals surface area contributed by atoms with E-state index in [1.807, 2.05) is 17.8 Å². The van der Waals surface area contributed by atoms with Crippen molar-refractivity contribution in [3.63, 3.8) is 0 Å². The molecule has 0 aliphatic rings. The summed E-state index contributed by atoms with van der Waals surface area (Å²) in [5, 5.41) is 0. The SMILES string of the molecule is Cn1ccnc1CCC(C)(F)CN. The lowest BCUT2D eigenvalue weighted by molar-refractivity contribution is 0.184. The Hall–Kier alpha value is -0.900. The topological polar surface area (TPSA) is 43.8 Å². The molecular formula is C9H16FN3. The third kappa shape index (κ3) is 2.81. The van der Waals surface area contributed by atoms with Crippen LogP contribution in [0.4, 0.5) is 4.39 Å². The Kier molecular flexibility index (Phi) is 3.03. The summed E-state index contributed by atoms with van der Waals surface area (Å²) in [6, 6.07) is 0. The molecule has 1 unspecified atom stereocenters. The number of hydrogen-bond donors (Lipinski definition) is 1. The molecule has 4 heteroatoms. The largest absolute Gasteiger partial charge is 0.338 e. The van der Waals surface area contributed by atoms with Gasteiger partial charge in [0.05, 0.1) is 0 Å². The Balaban J connectivity index is 2.48. The lowest BCUT2D eigenvalue weighted by atomic mass is 10.0. The maximum Gasteiger partial charge on any atom is 0.120 e. The number of aryl methyl sites for hydroxylation is 2. The first-order valence-corrected chi connectivity index (χ1v) is 4.40. The summed E-state index contributed by atoms with van der Waals surface area (Å²) in [4.78, 5) is 4.11. The van der Waals surface area contributed by atoms with Gasteiger partial charge in [-0.3, -0.25) is 0 Å². The highest BCUT2D eigenvalue weighted by atomic mass is 19.1. The van der Waals surface area contributed by atoms with Crippen LogP contribution >= 0.6 is 0 Å². The first-order chi connectivity index (χ1) is 6.05. The van der Waals surface area contributed by atoms with Gasteiger partial charge in [-0.1, -0.05) is 0 Å². The number of aromatic nitrogens is 2. The number of hydrogen-bond acceptors (Lipinski definition) is 2. The van der Waals surface area contributed by atoms with Crippen molar-refractivity contribution in [1.29, 1.82) is 0 Å². The van der Waals surface area contributed by atoms with E-state index in [0.29, 0.717) is 12.8 Å². The number of imidazole rings is 1. The van der Waals surface area contributed by atoms with Crippen molar-refractivity contribution < 1.29 is 4.39 Å². The number of nitrogens with two attached hydrogens (primary N) is 1. The molecule has 1 rings (SSSR count). The highest BCUT2D eigenvalue weighted by Crippen LogP contribution is 2.15. The van der Waals surface area contributed by atoms with E-state index in [0.717, 1.165) is 5.82 Å². The van der Waals surface area contributed by atoms with Gasteiger partial charge in [0.1, 0.15) is 11.5 Å². The van der Waals surface area contributed by atoms with Crippen LogP contribution in [0.5, 0.6) is 0 Å². The molecule has 0 fully saturated rings. The zero-order chi connectivity index (χ0) is 9.90.